The highest BCUT2D eigenvalue weighted by Gasteiger charge is 2.50. The average molecular weight is 562 g/mol. The van der Waals surface area contributed by atoms with Crippen LogP contribution in [0.1, 0.15) is 60.5 Å². The number of alkyl carbamates (subject to hydrolysis) is 1. The Labute approximate surface area is 242 Å². The van der Waals surface area contributed by atoms with Crippen LogP contribution in [0.15, 0.2) is 91.0 Å². The second-order valence-corrected chi connectivity index (χ2v) is 16.8. The summed E-state index contributed by atoms with van der Waals surface area (Å²) in [4.78, 5) is 12.8. The van der Waals surface area contributed by atoms with Crippen LogP contribution in [0.2, 0.25) is 5.04 Å². The topological polar surface area (TPSA) is 56.8 Å². The molecule has 0 aliphatic carbocycles. The first-order valence-corrected chi connectivity index (χ1v) is 16.2. The molecule has 0 bridgehead atoms. The number of carbonyl (C=O) groups excluding carboxylic acids is 1. The second kappa shape index (κ2) is 14.1. The molecule has 0 spiro atoms. The first kappa shape index (κ1) is 31.6. The van der Waals surface area contributed by atoms with Crippen LogP contribution in [0.4, 0.5) is 4.79 Å². The number of amides is 1. The minimum Gasteiger partial charge on any atom is -0.444 e. The second-order valence-electron chi connectivity index (χ2n) is 12.5. The van der Waals surface area contributed by atoms with Crippen molar-refractivity contribution in [1.29, 1.82) is 0 Å². The van der Waals surface area contributed by atoms with Crippen molar-refractivity contribution in [2.45, 2.75) is 78.2 Å². The minimum atomic E-state index is -2.69. The third-order valence-electron chi connectivity index (χ3n) is 7.05. The number of carbonyl (C=O) groups is 1. The normalized spacial score (nSPS) is 13.9. The van der Waals surface area contributed by atoms with Crippen molar-refractivity contribution in [2.75, 3.05) is 13.2 Å². The van der Waals surface area contributed by atoms with Gasteiger partial charge >= 0.3 is 6.09 Å². The summed E-state index contributed by atoms with van der Waals surface area (Å²) >= 11 is 0. The van der Waals surface area contributed by atoms with Gasteiger partial charge in [-0.25, -0.2) is 4.79 Å². The maximum absolute atomic E-state index is 12.8. The Bertz CT molecular complexity index is 1120. The monoisotopic (exact) mass is 561 g/mol. The van der Waals surface area contributed by atoms with Crippen LogP contribution < -0.4 is 15.7 Å². The molecule has 1 N–H and O–H groups in total. The largest absolute Gasteiger partial charge is 0.444 e. The molecule has 0 aliphatic rings. The summed E-state index contributed by atoms with van der Waals surface area (Å²) in [6.45, 7) is 16.1. The lowest BCUT2D eigenvalue weighted by atomic mass is 10.0. The molecule has 0 aromatic heterocycles. The lowest BCUT2D eigenvalue weighted by molar-refractivity contribution is 0.0442. The SMILES string of the molecule is C[C@H](CO[Si](c1ccccc1)(c1ccccc1)C(C)(C)C)[C@@H](CCOCc1ccccc1)NC(=O)OC(C)(C)C. The lowest BCUT2D eigenvalue weighted by Gasteiger charge is -2.44. The van der Waals surface area contributed by atoms with E-state index in [1.54, 1.807) is 0 Å². The first-order chi connectivity index (χ1) is 18.9. The van der Waals surface area contributed by atoms with Gasteiger partial charge in [-0.2, -0.15) is 0 Å². The molecule has 3 aromatic carbocycles. The third kappa shape index (κ3) is 8.78. The molecule has 0 saturated heterocycles. The van der Waals surface area contributed by atoms with E-state index < -0.39 is 20.0 Å². The van der Waals surface area contributed by atoms with Crippen LogP contribution in [0.5, 0.6) is 0 Å². The number of hydrogen-bond donors (Lipinski definition) is 1. The van der Waals surface area contributed by atoms with Gasteiger partial charge in [-0.05, 0) is 54.1 Å². The molecule has 0 aliphatic heterocycles. The van der Waals surface area contributed by atoms with E-state index in [1.165, 1.54) is 10.4 Å². The van der Waals surface area contributed by atoms with Crippen LogP contribution in [-0.4, -0.2) is 39.3 Å². The standard InChI is InChI=1S/C34H47NO4Si/c1-27(31(35-32(36)39-33(2,3)4)23-24-37-26-28-17-11-8-12-18-28)25-38-40(34(5,6)7,29-19-13-9-14-20-29)30-21-15-10-16-22-30/h8-22,27,31H,23-26H2,1-7H3,(H,35,36)/t27-,31-/m1/s1. The quantitative estimate of drug-likeness (QED) is 0.198. The molecule has 3 aromatic rings. The zero-order valence-corrected chi connectivity index (χ0v) is 26.3. The predicted octanol–water partition coefficient (Wildman–Crippen LogP) is 6.70. The van der Waals surface area contributed by atoms with Gasteiger partial charge in [-0.3, -0.25) is 0 Å². The van der Waals surface area contributed by atoms with Crippen molar-refractivity contribution in [3.8, 4) is 0 Å². The zero-order chi connectivity index (χ0) is 29.2. The summed E-state index contributed by atoms with van der Waals surface area (Å²) in [5.74, 6) is 0.0227. The lowest BCUT2D eigenvalue weighted by Crippen LogP contribution is -2.67. The van der Waals surface area contributed by atoms with Gasteiger partial charge in [0, 0.05) is 19.3 Å². The fourth-order valence-corrected chi connectivity index (χ4v) is 9.73. The van der Waals surface area contributed by atoms with Crippen molar-refractivity contribution in [1.82, 2.24) is 5.32 Å². The molecule has 2 atom stereocenters. The first-order valence-electron chi connectivity index (χ1n) is 14.3. The Balaban J connectivity index is 1.82. The van der Waals surface area contributed by atoms with E-state index in [9.17, 15) is 4.79 Å². The fourth-order valence-electron chi connectivity index (χ4n) is 5.07. The molecule has 6 heteroatoms. The van der Waals surface area contributed by atoms with E-state index in [0.29, 0.717) is 26.2 Å². The Morgan fingerprint density at radius 1 is 0.800 bits per heavy atom. The van der Waals surface area contributed by atoms with Gasteiger partial charge in [0.05, 0.1) is 6.61 Å². The predicted molar refractivity (Wildman–Crippen MR) is 167 cm³/mol. The van der Waals surface area contributed by atoms with Gasteiger partial charge in [0.1, 0.15) is 5.60 Å². The molecule has 0 saturated carbocycles. The van der Waals surface area contributed by atoms with Crippen LogP contribution in [0.3, 0.4) is 0 Å². The Hall–Kier alpha value is -2.93. The van der Waals surface area contributed by atoms with Crippen molar-refractivity contribution in [3.05, 3.63) is 96.6 Å². The minimum absolute atomic E-state index is 0.0227. The highest BCUT2D eigenvalue weighted by atomic mass is 28.4. The average Bonchev–Trinajstić information content (AvgIpc) is 2.90. The van der Waals surface area contributed by atoms with E-state index in [-0.39, 0.29) is 17.0 Å². The Kier molecular flexibility index (Phi) is 11.1. The van der Waals surface area contributed by atoms with Gasteiger partial charge in [0.25, 0.3) is 8.32 Å². The molecule has 0 heterocycles. The van der Waals surface area contributed by atoms with Gasteiger partial charge < -0.3 is 19.2 Å². The molecular weight excluding hydrogens is 514 g/mol. The van der Waals surface area contributed by atoms with Gasteiger partial charge in [0.15, 0.2) is 0 Å². The van der Waals surface area contributed by atoms with Crippen LogP contribution >= 0.6 is 0 Å². The van der Waals surface area contributed by atoms with Crippen molar-refractivity contribution >= 4 is 24.8 Å². The summed E-state index contributed by atoms with van der Waals surface area (Å²) in [5.41, 5.74) is 0.551. The number of rotatable bonds is 12. The maximum atomic E-state index is 12.8. The summed E-state index contributed by atoms with van der Waals surface area (Å²) < 4.78 is 18.8. The smallest absolute Gasteiger partial charge is 0.407 e. The molecule has 0 fully saturated rings. The van der Waals surface area contributed by atoms with Crippen molar-refractivity contribution in [3.63, 3.8) is 0 Å². The number of benzene rings is 3. The van der Waals surface area contributed by atoms with Crippen LogP contribution in [0, 0.1) is 5.92 Å². The molecule has 0 radical (unpaired) electrons. The number of ether oxygens (including phenoxy) is 2. The summed E-state index contributed by atoms with van der Waals surface area (Å²) in [6.07, 6.45) is 0.231. The summed E-state index contributed by atoms with van der Waals surface area (Å²) in [6, 6.07) is 31.2. The van der Waals surface area contributed by atoms with E-state index in [0.717, 1.165) is 5.56 Å². The highest BCUT2D eigenvalue weighted by molar-refractivity contribution is 6.99. The van der Waals surface area contributed by atoms with Gasteiger partial charge in [-0.15, -0.1) is 0 Å². The molecular formula is C34H47NO4Si. The fraction of sp³-hybridized carbons (Fsp3) is 0.441. The molecule has 40 heavy (non-hydrogen) atoms. The van der Waals surface area contributed by atoms with E-state index >= 15 is 0 Å². The third-order valence-corrected chi connectivity index (χ3v) is 12.1. The van der Waals surface area contributed by atoms with Crippen LogP contribution in [0.25, 0.3) is 0 Å². The Morgan fingerprint density at radius 2 is 1.30 bits per heavy atom. The number of hydrogen-bond acceptors (Lipinski definition) is 4. The van der Waals surface area contributed by atoms with Crippen LogP contribution in [-0.2, 0) is 20.5 Å². The molecule has 3 rings (SSSR count). The van der Waals surface area contributed by atoms with E-state index in [4.69, 9.17) is 13.9 Å². The molecule has 5 nitrogen and oxygen atoms in total. The summed E-state index contributed by atoms with van der Waals surface area (Å²) in [7, 11) is -2.69. The summed E-state index contributed by atoms with van der Waals surface area (Å²) in [5, 5.41) is 5.48. The van der Waals surface area contributed by atoms with Gasteiger partial charge in [-0.1, -0.05) is 119 Å². The highest BCUT2D eigenvalue weighted by Crippen LogP contribution is 2.37. The van der Waals surface area contributed by atoms with Crippen molar-refractivity contribution in [2.24, 2.45) is 5.92 Å². The zero-order valence-electron chi connectivity index (χ0n) is 25.3. The van der Waals surface area contributed by atoms with E-state index in [1.807, 2.05) is 39.0 Å². The van der Waals surface area contributed by atoms with Crippen molar-refractivity contribution < 1.29 is 18.7 Å². The molecule has 0 unspecified atom stereocenters. The number of nitrogens with one attached hydrogen (secondary N) is 1. The molecule has 216 valence electrons. The maximum Gasteiger partial charge on any atom is 0.407 e. The Morgan fingerprint density at radius 3 is 1.77 bits per heavy atom. The molecule has 1 amide bonds. The van der Waals surface area contributed by atoms with E-state index in [2.05, 4.69) is 106 Å². The van der Waals surface area contributed by atoms with Gasteiger partial charge in [0.2, 0.25) is 0 Å².